The van der Waals surface area contributed by atoms with E-state index < -0.39 is 12.0 Å². The molecule has 7 heteroatoms. The maximum Gasteiger partial charge on any atom is 0.451 e. The van der Waals surface area contributed by atoms with E-state index in [0.29, 0.717) is 6.54 Å². The van der Waals surface area contributed by atoms with Crippen LogP contribution in [0.4, 0.5) is 24.8 Å². The molecule has 0 amide bonds. The molecule has 0 aliphatic rings. The second kappa shape index (κ2) is 6.28. The fraction of sp³-hybridized carbons (Fsp3) is 0.692. The summed E-state index contributed by atoms with van der Waals surface area (Å²) in [5.74, 6) is -0.769. The van der Waals surface area contributed by atoms with E-state index >= 15 is 0 Å². The number of alkyl halides is 3. The van der Waals surface area contributed by atoms with Crippen molar-refractivity contribution in [2.24, 2.45) is 0 Å². The molecule has 114 valence electrons. The zero-order valence-electron chi connectivity index (χ0n) is 12.2. The van der Waals surface area contributed by atoms with Gasteiger partial charge in [0.25, 0.3) is 0 Å². The van der Waals surface area contributed by atoms with E-state index in [9.17, 15) is 13.2 Å². The van der Waals surface area contributed by atoms with Crippen LogP contribution in [0.25, 0.3) is 0 Å². The molecule has 0 unspecified atom stereocenters. The Kier molecular flexibility index (Phi) is 5.19. The average Bonchev–Trinajstić information content (AvgIpc) is 2.34. The van der Waals surface area contributed by atoms with E-state index in [2.05, 4.69) is 20.6 Å². The molecule has 4 nitrogen and oxygen atoms in total. The van der Waals surface area contributed by atoms with Crippen molar-refractivity contribution in [3.63, 3.8) is 0 Å². The van der Waals surface area contributed by atoms with Crippen LogP contribution < -0.4 is 10.6 Å². The summed E-state index contributed by atoms with van der Waals surface area (Å²) in [4.78, 5) is 7.07. The van der Waals surface area contributed by atoms with Gasteiger partial charge in [0, 0.05) is 18.2 Å². The molecule has 0 aliphatic heterocycles. The van der Waals surface area contributed by atoms with Gasteiger partial charge in [-0.05, 0) is 26.7 Å². The van der Waals surface area contributed by atoms with Crippen LogP contribution in [-0.2, 0) is 6.18 Å². The molecule has 0 atom stereocenters. The monoisotopic (exact) mass is 290 g/mol. The van der Waals surface area contributed by atoms with E-state index in [0.717, 1.165) is 12.8 Å². The van der Waals surface area contributed by atoms with Crippen LogP contribution in [0.5, 0.6) is 0 Å². The lowest BCUT2D eigenvalue weighted by atomic mass is 10.0. The minimum atomic E-state index is -4.56. The first-order valence-electron chi connectivity index (χ1n) is 6.66. The van der Waals surface area contributed by atoms with Gasteiger partial charge in [-0.1, -0.05) is 13.8 Å². The topological polar surface area (TPSA) is 49.8 Å². The first kappa shape index (κ1) is 16.5. The number of nitrogens with zero attached hydrogens (tertiary/aromatic N) is 2. The molecule has 1 aromatic rings. The Morgan fingerprint density at radius 2 is 1.70 bits per heavy atom. The molecule has 1 rings (SSSR count). The lowest BCUT2D eigenvalue weighted by molar-refractivity contribution is -0.144. The molecule has 1 aromatic heterocycles. The van der Waals surface area contributed by atoms with Crippen LogP contribution in [-0.4, -0.2) is 22.1 Å². The van der Waals surface area contributed by atoms with Crippen molar-refractivity contribution < 1.29 is 13.2 Å². The fourth-order valence-corrected chi connectivity index (χ4v) is 1.42. The first-order valence-corrected chi connectivity index (χ1v) is 6.66. The van der Waals surface area contributed by atoms with Crippen molar-refractivity contribution >= 4 is 11.6 Å². The van der Waals surface area contributed by atoms with Gasteiger partial charge in [0.15, 0.2) is 0 Å². The van der Waals surface area contributed by atoms with Crippen LogP contribution in [0.1, 0.15) is 46.4 Å². The van der Waals surface area contributed by atoms with Crippen LogP contribution in [0.3, 0.4) is 0 Å². The minimum Gasteiger partial charge on any atom is -0.370 e. The predicted octanol–water partition coefficient (Wildman–Crippen LogP) is 3.92. The average molecular weight is 290 g/mol. The Labute approximate surface area is 117 Å². The van der Waals surface area contributed by atoms with Crippen molar-refractivity contribution in [3.05, 3.63) is 11.9 Å². The van der Waals surface area contributed by atoms with E-state index in [1.165, 1.54) is 6.07 Å². The first-order chi connectivity index (χ1) is 9.18. The van der Waals surface area contributed by atoms with Gasteiger partial charge in [0.05, 0.1) is 0 Å². The van der Waals surface area contributed by atoms with Gasteiger partial charge >= 0.3 is 6.18 Å². The highest BCUT2D eigenvalue weighted by molar-refractivity contribution is 5.49. The molecule has 1 heterocycles. The van der Waals surface area contributed by atoms with E-state index in [1.54, 1.807) is 0 Å². The zero-order chi connectivity index (χ0) is 15.4. The van der Waals surface area contributed by atoms with Crippen LogP contribution >= 0.6 is 0 Å². The predicted molar refractivity (Wildman–Crippen MR) is 73.8 cm³/mol. The molecule has 0 bridgehead atoms. The van der Waals surface area contributed by atoms with Gasteiger partial charge in [0.2, 0.25) is 5.82 Å². The third kappa shape index (κ3) is 4.86. The second-order valence-corrected chi connectivity index (χ2v) is 5.25. The van der Waals surface area contributed by atoms with Crippen molar-refractivity contribution in [1.29, 1.82) is 0 Å². The zero-order valence-corrected chi connectivity index (χ0v) is 12.2. The quantitative estimate of drug-likeness (QED) is 0.833. The molecule has 0 saturated heterocycles. The van der Waals surface area contributed by atoms with Crippen LogP contribution in [0, 0.1) is 0 Å². The van der Waals surface area contributed by atoms with Gasteiger partial charge in [-0.25, -0.2) is 9.97 Å². The SMILES string of the molecule is CCCNc1cc(NC(C)(C)CC)nc(C(F)(F)F)n1. The summed E-state index contributed by atoms with van der Waals surface area (Å²) in [6.07, 6.45) is -3.00. The summed E-state index contributed by atoms with van der Waals surface area (Å²) in [7, 11) is 0. The van der Waals surface area contributed by atoms with Crippen molar-refractivity contribution in [3.8, 4) is 0 Å². The molecular formula is C13H21F3N4. The van der Waals surface area contributed by atoms with Gasteiger partial charge in [-0.2, -0.15) is 13.2 Å². The molecule has 0 saturated carbocycles. The van der Waals surface area contributed by atoms with E-state index in [-0.39, 0.29) is 17.2 Å². The Balaban J connectivity index is 3.10. The maximum absolute atomic E-state index is 12.8. The standard InChI is InChI=1S/C13H21F3N4/c1-5-7-17-9-8-10(20-12(3,4)6-2)19-11(18-9)13(14,15)16/h8H,5-7H2,1-4H3,(H2,17,18,19,20). The lowest BCUT2D eigenvalue weighted by Crippen LogP contribution is -2.30. The molecule has 0 aromatic carbocycles. The third-order valence-corrected chi connectivity index (χ3v) is 2.89. The number of nitrogens with one attached hydrogen (secondary N) is 2. The molecular weight excluding hydrogens is 269 g/mol. The smallest absolute Gasteiger partial charge is 0.370 e. The molecule has 0 aliphatic carbocycles. The molecule has 20 heavy (non-hydrogen) atoms. The Morgan fingerprint density at radius 1 is 1.10 bits per heavy atom. The molecule has 0 spiro atoms. The van der Waals surface area contributed by atoms with Gasteiger partial charge in [-0.3, -0.25) is 0 Å². The summed E-state index contributed by atoms with van der Waals surface area (Å²) < 4.78 is 38.4. The highest BCUT2D eigenvalue weighted by atomic mass is 19.4. The maximum atomic E-state index is 12.8. The van der Waals surface area contributed by atoms with E-state index in [1.807, 2.05) is 27.7 Å². The summed E-state index contributed by atoms with van der Waals surface area (Å²) >= 11 is 0. The van der Waals surface area contributed by atoms with E-state index in [4.69, 9.17) is 0 Å². The molecule has 2 N–H and O–H groups in total. The Hall–Kier alpha value is -1.53. The fourth-order valence-electron chi connectivity index (χ4n) is 1.42. The highest BCUT2D eigenvalue weighted by Gasteiger charge is 2.35. The van der Waals surface area contributed by atoms with Gasteiger partial charge in [-0.15, -0.1) is 0 Å². The Morgan fingerprint density at radius 3 is 2.20 bits per heavy atom. The van der Waals surface area contributed by atoms with Crippen LogP contribution in [0.15, 0.2) is 6.07 Å². The van der Waals surface area contributed by atoms with Crippen LogP contribution in [0.2, 0.25) is 0 Å². The summed E-state index contributed by atoms with van der Waals surface area (Å²) in [5.41, 5.74) is -0.334. The number of hydrogen-bond acceptors (Lipinski definition) is 4. The lowest BCUT2D eigenvalue weighted by Gasteiger charge is -2.25. The van der Waals surface area contributed by atoms with Crippen molar-refractivity contribution in [2.75, 3.05) is 17.2 Å². The number of anilines is 2. The summed E-state index contributed by atoms with van der Waals surface area (Å²) in [6.45, 7) is 8.25. The van der Waals surface area contributed by atoms with Crippen molar-refractivity contribution in [1.82, 2.24) is 9.97 Å². The van der Waals surface area contributed by atoms with Gasteiger partial charge < -0.3 is 10.6 Å². The minimum absolute atomic E-state index is 0.178. The second-order valence-electron chi connectivity index (χ2n) is 5.25. The molecule has 0 fully saturated rings. The summed E-state index contributed by atoms with van der Waals surface area (Å²) in [5, 5.41) is 5.87. The molecule has 0 radical (unpaired) electrons. The number of rotatable bonds is 6. The van der Waals surface area contributed by atoms with Crippen molar-refractivity contribution in [2.45, 2.75) is 52.3 Å². The third-order valence-electron chi connectivity index (χ3n) is 2.89. The summed E-state index contributed by atoms with van der Waals surface area (Å²) in [6, 6.07) is 1.50. The van der Waals surface area contributed by atoms with Gasteiger partial charge in [0.1, 0.15) is 11.6 Å². The number of halogens is 3. The number of aromatic nitrogens is 2. The number of hydrogen-bond donors (Lipinski definition) is 2. The normalized spacial score (nSPS) is 12.3. The largest absolute Gasteiger partial charge is 0.451 e. The highest BCUT2D eigenvalue weighted by Crippen LogP contribution is 2.29. The Bertz CT molecular complexity index is 444.